The van der Waals surface area contributed by atoms with Gasteiger partial charge in [0, 0.05) is 26.1 Å². The molecule has 0 aliphatic rings. The molecule has 106 valence electrons. The second-order valence-corrected chi connectivity index (χ2v) is 5.21. The molecule has 1 aromatic rings. The number of methoxy groups -OCH3 is 1. The average Bonchev–Trinajstić information content (AvgIpc) is 2.38. The largest absolute Gasteiger partial charge is 0.497 e. The van der Waals surface area contributed by atoms with E-state index in [1.165, 1.54) is 0 Å². The van der Waals surface area contributed by atoms with Crippen molar-refractivity contribution < 1.29 is 9.53 Å². The summed E-state index contributed by atoms with van der Waals surface area (Å²) in [6.07, 6.45) is 0.387. The maximum Gasteiger partial charge on any atom is 0.224 e. The molecule has 1 amide bonds. The Labute approximate surface area is 115 Å². The Kier molecular flexibility index (Phi) is 5.83. The topological polar surface area (TPSA) is 55.6 Å². The van der Waals surface area contributed by atoms with Gasteiger partial charge in [-0.15, -0.1) is 0 Å². The van der Waals surface area contributed by atoms with Gasteiger partial charge < -0.3 is 15.4 Å². The van der Waals surface area contributed by atoms with Crippen LogP contribution >= 0.6 is 0 Å². The molecule has 0 saturated carbocycles. The van der Waals surface area contributed by atoms with Gasteiger partial charge in [-0.3, -0.25) is 4.79 Å². The number of nitrogens with two attached hydrogens (primary N) is 1. The second kappa shape index (κ2) is 7.14. The molecule has 0 spiro atoms. The van der Waals surface area contributed by atoms with Gasteiger partial charge in [-0.2, -0.15) is 0 Å². The van der Waals surface area contributed by atoms with Crippen molar-refractivity contribution in [3.63, 3.8) is 0 Å². The summed E-state index contributed by atoms with van der Waals surface area (Å²) in [5, 5.41) is 0. The van der Waals surface area contributed by atoms with Crippen LogP contribution in [0.3, 0.4) is 0 Å². The summed E-state index contributed by atoms with van der Waals surface area (Å²) in [6.45, 7) is 4.63. The molecule has 0 aliphatic carbocycles. The van der Waals surface area contributed by atoms with Crippen molar-refractivity contribution >= 4 is 5.91 Å². The quantitative estimate of drug-likeness (QED) is 0.855. The Morgan fingerprint density at radius 3 is 2.68 bits per heavy atom. The molecule has 0 saturated heterocycles. The standard InChI is InChI=1S/C15H24N2O2/c1-11(2)14(16)9-15(18)17(3)10-12-6-5-7-13(8-12)19-4/h5-8,11,14H,9-10,16H2,1-4H3. The van der Waals surface area contributed by atoms with E-state index in [1.807, 2.05) is 38.1 Å². The molecule has 4 nitrogen and oxygen atoms in total. The van der Waals surface area contributed by atoms with Crippen molar-refractivity contribution in [1.29, 1.82) is 0 Å². The zero-order chi connectivity index (χ0) is 14.4. The second-order valence-electron chi connectivity index (χ2n) is 5.21. The summed E-state index contributed by atoms with van der Waals surface area (Å²) in [7, 11) is 3.44. The summed E-state index contributed by atoms with van der Waals surface area (Å²) in [5.74, 6) is 1.19. The van der Waals surface area contributed by atoms with Crippen molar-refractivity contribution in [3.8, 4) is 5.75 Å². The SMILES string of the molecule is COc1cccc(CN(C)C(=O)CC(N)C(C)C)c1. The van der Waals surface area contributed by atoms with Gasteiger partial charge in [0.05, 0.1) is 7.11 Å². The summed E-state index contributed by atoms with van der Waals surface area (Å²) in [6, 6.07) is 7.65. The highest BCUT2D eigenvalue weighted by Crippen LogP contribution is 2.14. The lowest BCUT2D eigenvalue weighted by atomic mass is 10.0. The highest BCUT2D eigenvalue weighted by Gasteiger charge is 2.16. The molecule has 4 heteroatoms. The van der Waals surface area contributed by atoms with Gasteiger partial charge >= 0.3 is 0 Å². The predicted octanol–water partition coefficient (Wildman–Crippen LogP) is 2.03. The van der Waals surface area contributed by atoms with Gasteiger partial charge in [0.2, 0.25) is 5.91 Å². The molecule has 0 aromatic heterocycles. The fourth-order valence-electron chi connectivity index (χ4n) is 1.73. The highest BCUT2D eigenvalue weighted by atomic mass is 16.5. The van der Waals surface area contributed by atoms with Crippen LogP contribution in [0.15, 0.2) is 24.3 Å². The molecule has 0 radical (unpaired) electrons. The van der Waals surface area contributed by atoms with E-state index in [1.54, 1.807) is 19.1 Å². The van der Waals surface area contributed by atoms with Crippen molar-refractivity contribution in [3.05, 3.63) is 29.8 Å². The number of rotatable bonds is 6. The molecule has 0 aliphatic heterocycles. The molecule has 1 rings (SSSR count). The van der Waals surface area contributed by atoms with Gasteiger partial charge in [-0.25, -0.2) is 0 Å². The highest BCUT2D eigenvalue weighted by molar-refractivity contribution is 5.76. The van der Waals surface area contributed by atoms with E-state index in [2.05, 4.69) is 0 Å². The normalized spacial score (nSPS) is 12.3. The lowest BCUT2D eigenvalue weighted by Crippen LogP contribution is -2.35. The number of hydrogen-bond donors (Lipinski definition) is 1. The third kappa shape index (κ3) is 4.91. The lowest BCUT2D eigenvalue weighted by Gasteiger charge is -2.21. The summed E-state index contributed by atoms with van der Waals surface area (Å²) < 4.78 is 5.17. The summed E-state index contributed by atoms with van der Waals surface area (Å²) >= 11 is 0. The molecule has 2 N–H and O–H groups in total. The number of ether oxygens (including phenoxy) is 1. The van der Waals surface area contributed by atoms with Crippen LogP contribution in [0.4, 0.5) is 0 Å². The number of benzene rings is 1. The maximum absolute atomic E-state index is 12.0. The zero-order valence-electron chi connectivity index (χ0n) is 12.2. The molecule has 1 unspecified atom stereocenters. The smallest absolute Gasteiger partial charge is 0.224 e. The lowest BCUT2D eigenvalue weighted by molar-refractivity contribution is -0.131. The van der Waals surface area contributed by atoms with Gasteiger partial charge in [0.25, 0.3) is 0 Å². The molecule has 0 fully saturated rings. The minimum atomic E-state index is -0.0831. The molecule has 0 bridgehead atoms. The van der Waals surface area contributed by atoms with Crippen molar-refractivity contribution in [2.24, 2.45) is 11.7 Å². The minimum Gasteiger partial charge on any atom is -0.497 e. The van der Waals surface area contributed by atoms with Crippen molar-refractivity contribution in [2.45, 2.75) is 32.9 Å². The fourth-order valence-corrected chi connectivity index (χ4v) is 1.73. The maximum atomic E-state index is 12.0. The van der Waals surface area contributed by atoms with Crippen LogP contribution in [-0.2, 0) is 11.3 Å². The fraction of sp³-hybridized carbons (Fsp3) is 0.533. The Bertz CT molecular complexity index is 418. The van der Waals surface area contributed by atoms with E-state index < -0.39 is 0 Å². The molecular formula is C15H24N2O2. The van der Waals surface area contributed by atoms with Crippen molar-refractivity contribution in [2.75, 3.05) is 14.2 Å². The van der Waals surface area contributed by atoms with Crippen LogP contribution in [0.1, 0.15) is 25.8 Å². The number of carbonyl (C=O) groups excluding carboxylic acids is 1. The minimum absolute atomic E-state index is 0.0732. The number of hydrogen-bond acceptors (Lipinski definition) is 3. The molecule has 1 aromatic carbocycles. The monoisotopic (exact) mass is 264 g/mol. The first kappa shape index (κ1) is 15.5. The van der Waals surface area contributed by atoms with Crippen LogP contribution in [0.2, 0.25) is 0 Å². The first-order valence-electron chi connectivity index (χ1n) is 6.56. The van der Waals surface area contributed by atoms with E-state index in [4.69, 9.17) is 10.5 Å². The Hall–Kier alpha value is -1.55. The molecule has 1 atom stereocenters. The third-order valence-corrected chi connectivity index (χ3v) is 3.25. The predicted molar refractivity (Wildman–Crippen MR) is 76.9 cm³/mol. The van der Waals surface area contributed by atoms with Crippen LogP contribution in [-0.4, -0.2) is 31.0 Å². The number of amides is 1. The van der Waals surface area contributed by atoms with E-state index in [-0.39, 0.29) is 11.9 Å². The number of carbonyl (C=O) groups is 1. The van der Waals surface area contributed by atoms with E-state index in [9.17, 15) is 4.79 Å². The van der Waals surface area contributed by atoms with Gasteiger partial charge in [-0.05, 0) is 23.6 Å². The Balaban J connectivity index is 2.58. The summed E-state index contributed by atoms with van der Waals surface area (Å²) in [5.41, 5.74) is 6.98. The van der Waals surface area contributed by atoms with Gasteiger partial charge in [0.15, 0.2) is 0 Å². The van der Waals surface area contributed by atoms with Crippen molar-refractivity contribution in [1.82, 2.24) is 4.90 Å². The third-order valence-electron chi connectivity index (χ3n) is 3.25. The Morgan fingerprint density at radius 2 is 2.11 bits per heavy atom. The van der Waals surface area contributed by atoms with Crippen LogP contribution in [0.25, 0.3) is 0 Å². The number of nitrogens with zero attached hydrogens (tertiary/aromatic N) is 1. The van der Waals surface area contributed by atoms with Crippen LogP contribution in [0, 0.1) is 5.92 Å². The van der Waals surface area contributed by atoms with E-state index in [0.29, 0.717) is 18.9 Å². The first-order chi connectivity index (χ1) is 8.93. The zero-order valence-corrected chi connectivity index (χ0v) is 12.2. The Morgan fingerprint density at radius 1 is 1.42 bits per heavy atom. The van der Waals surface area contributed by atoms with E-state index in [0.717, 1.165) is 11.3 Å². The van der Waals surface area contributed by atoms with Gasteiger partial charge in [0.1, 0.15) is 5.75 Å². The van der Waals surface area contributed by atoms with Crippen LogP contribution < -0.4 is 10.5 Å². The van der Waals surface area contributed by atoms with Gasteiger partial charge in [-0.1, -0.05) is 26.0 Å². The average molecular weight is 264 g/mol. The molecule has 19 heavy (non-hydrogen) atoms. The first-order valence-corrected chi connectivity index (χ1v) is 6.56. The molecular weight excluding hydrogens is 240 g/mol. The summed E-state index contributed by atoms with van der Waals surface area (Å²) in [4.78, 5) is 13.7. The van der Waals surface area contributed by atoms with E-state index >= 15 is 0 Å². The molecule has 0 heterocycles. The van der Waals surface area contributed by atoms with Crippen LogP contribution in [0.5, 0.6) is 5.75 Å².